The van der Waals surface area contributed by atoms with E-state index in [9.17, 15) is 9.59 Å². The summed E-state index contributed by atoms with van der Waals surface area (Å²) in [5.74, 6) is 0.163. The lowest BCUT2D eigenvalue weighted by molar-refractivity contribution is -0.940. The molecule has 1 heterocycles. The number of carbonyl (C=O) groups is 2. The molecule has 0 aromatic heterocycles. The van der Waals surface area contributed by atoms with Crippen molar-refractivity contribution in [3.8, 4) is 5.75 Å². The Morgan fingerprint density at radius 2 is 1.85 bits per heavy atom. The second-order valence-corrected chi connectivity index (χ2v) is 7.69. The maximum absolute atomic E-state index is 13.4. The molecular formula is C21H31N2O4+. The predicted octanol–water partition coefficient (Wildman–Crippen LogP) is 3.28. The quantitative estimate of drug-likeness (QED) is 0.587. The second kappa shape index (κ2) is 7.50. The van der Waals surface area contributed by atoms with Gasteiger partial charge in [0.2, 0.25) is 0 Å². The summed E-state index contributed by atoms with van der Waals surface area (Å²) in [6.45, 7) is 9.21. The van der Waals surface area contributed by atoms with Gasteiger partial charge in [-0.2, -0.15) is 0 Å². The van der Waals surface area contributed by atoms with Crippen LogP contribution in [0.4, 0.5) is 5.69 Å². The Morgan fingerprint density at radius 3 is 2.37 bits per heavy atom. The van der Waals surface area contributed by atoms with Crippen molar-refractivity contribution in [2.24, 2.45) is 0 Å². The summed E-state index contributed by atoms with van der Waals surface area (Å²) < 4.78 is 11.4. The van der Waals surface area contributed by atoms with Gasteiger partial charge in [-0.1, -0.05) is 0 Å². The van der Waals surface area contributed by atoms with Crippen molar-refractivity contribution in [2.45, 2.75) is 52.0 Å². The van der Waals surface area contributed by atoms with E-state index < -0.39 is 5.97 Å². The summed E-state index contributed by atoms with van der Waals surface area (Å²) in [4.78, 5) is 25.9. The van der Waals surface area contributed by atoms with Crippen molar-refractivity contribution >= 4 is 17.6 Å². The number of likely N-dealkylation sites (N-methyl/N-ethyl adjacent to an activating group) is 1. The Morgan fingerprint density at radius 1 is 1.19 bits per heavy atom. The Bertz CT molecular complexity index is 734. The van der Waals surface area contributed by atoms with Crippen molar-refractivity contribution in [2.75, 3.05) is 38.7 Å². The van der Waals surface area contributed by atoms with Crippen LogP contribution in [0.2, 0.25) is 0 Å². The highest BCUT2D eigenvalue weighted by atomic mass is 16.5. The van der Waals surface area contributed by atoms with E-state index in [1.165, 1.54) is 12.8 Å². The number of rotatable bonds is 7. The number of aryl methyl sites for hydroxylation is 1. The lowest BCUT2D eigenvalue weighted by atomic mass is 10.0. The first kappa shape index (κ1) is 19.7. The molecular weight excluding hydrogens is 344 g/mol. The van der Waals surface area contributed by atoms with E-state index in [2.05, 4.69) is 12.2 Å². The molecule has 3 rings (SSSR count). The third-order valence-corrected chi connectivity index (χ3v) is 6.36. The number of likely N-dealkylation sites (tertiary alicyclic amines) is 1. The molecule has 148 valence electrons. The molecule has 1 amide bonds. The van der Waals surface area contributed by atoms with Gasteiger partial charge in [0.15, 0.2) is 5.54 Å². The third kappa shape index (κ3) is 3.31. The van der Waals surface area contributed by atoms with Crippen LogP contribution >= 0.6 is 0 Å². The molecule has 1 aromatic rings. The Balaban J connectivity index is 1.93. The number of esters is 1. The normalized spacial score (nSPS) is 19.4. The second-order valence-electron chi connectivity index (χ2n) is 7.69. The average Bonchev–Trinajstić information content (AvgIpc) is 3.34. The van der Waals surface area contributed by atoms with E-state index >= 15 is 0 Å². The number of benzene rings is 1. The summed E-state index contributed by atoms with van der Waals surface area (Å²) in [5.41, 5.74) is 1.34. The van der Waals surface area contributed by atoms with Crippen molar-refractivity contribution in [1.82, 2.24) is 0 Å². The maximum Gasteiger partial charge on any atom is 0.340 e. The van der Waals surface area contributed by atoms with Crippen LogP contribution in [0.5, 0.6) is 5.75 Å². The molecule has 1 N–H and O–H groups in total. The molecule has 1 aromatic carbocycles. The summed E-state index contributed by atoms with van der Waals surface area (Å²) in [5, 5.41) is 3.10. The predicted molar refractivity (Wildman–Crippen MR) is 104 cm³/mol. The Kier molecular flexibility index (Phi) is 5.47. The lowest BCUT2D eigenvalue weighted by Gasteiger charge is -2.40. The fourth-order valence-corrected chi connectivity index (χ4v) is 4.66. The summed E-state index contributed by atoms with van der Waals surface area (Å²) >= 11 is 0. The molecule has 1 aliphatic carbocycles. The number of amides is 1. The molecule has 0 bridgehead atoms. The number of nitrogens with zero attached hydrogens (tertiary/aromatic N) is 1. The van der Waals surface area contributed by atoms with Crippen LogP contribution in [0.25, 0.3) is 0 Å². The smallest absolute Gasteiger partial charge is 0.340 e. The number of methoxy groups -OCH3 is 1. The molecule has 0 unspecified atom stereocenters. The summed E-state index contributed by atoms with van der Waals surface area (Å²) in [7, 11) is 1.56. The van der Waals surface area contributed by atoms with E-state index in [1.54, 1.807) is 20.1 Å². The van der Waals surface area contributed by atoms with E-state index in [0.717, 1.165) is 42.5 Å². The highest BCUT2D eigenvalue weighted by molar-refractivity contribution is 6.06. The minimum atomic E-state index is -0.444. The van der Waals surface area contributed by atoms with Crippen LogP contribution in [-0.4, -0.2) is 55.2 Å². The molecule has 6 nitrogen and oxygen atoms in total. The number of carbonyl (C=O) groups excluding carboxylic acids is 2. The maximum atomic E-state index is 13.4. The zero-order valence-electron chi connectivity index (χ0n) is 16.9. The van der Waals surface area contributed by atoms with Gasteiger partial charge in [0.05, 0.1) is 44.6 Å². The lowest BCUT2D eigenvalue weighted by Crippen LogP contribution is -2.60. The highest BCUT2D eigenvalue weighted by Crippen LogP contribution is 2.50. The molecule has 2 aliphatic rings. The van der Waals surface area contributed by atoms with Gasteiger partial charge in [0.1, 0.15) is 5.75 Å². The van der Waals surface area contributed by atoms with Crippen LogP contribution in [0, 0.1) is 6.92 Å². The van der Waals surface area contributed by atoms with Gasteiger partial charge in [-0.25, -0.2) is 4.79 Å². The average molecular weight is 375 g/mol. The van der Waals surface area contributed by atoms with Gasteiger partial charge in [-0.3, -0.25) is 4.79 Å². The van der Waals surface area contributed by atoms with Crippen molar-refractivity contribution in [3.05, 3.63) is 23.3 Å². The van der Waals surface area contributed by atoms with E-state index in [4.69, 9.17) is 9.47 Å². The molecule has 6 heteroatoms. The zero-order chi connectivity index (χ0) is 19.7. The molecule has 0 spiro atoms. The van der Waals surface area contributed by atoms with E-state index in [1.807, 2.05) is 13.0 Å². The van der Waals surface area contributed by atoms with Crippen LogP contribution in [-0.2, 0) is 9.53 Å². The van der Waals surface area contributed by atoms with Crippen LogP contribution < -0.4 is 10.1 Å². The number of nitrogens with one attached hydrogen (secondary N) is 1. The van der Waals surface area contributed by atoms with Crippen molar-refractivity contribution in [3.63, 3.8) is 0 Å². The van der Waals surface area contributed by atoms with Gasteiger partial charge in [-0.05, 0) is 38.5 Å². The zero-order valence-corrected chi connectivity index (χ0v) is 16.9. The third-order valence-electron chi connectivity index (χ3n) is 6.36. The number of ether oxygens (including phenoxy) is 2. The molecule has 0 radical (unpaired) electrons. The first-order valence-electron chi connectivity index (χ1n) is 9.96. The van der Waals surface area contributed by atoms with Gasteiger partial charge in [-0.15, -0.1) is 0 Å². The van der Waals surface area contributed by atoms with Crippen molar-refractivity contribution in [1.29, 1.82) is 0 Å². The molecule has 1 saturated heterocycles. The van der Waals surface area contributed by atoms with Gasteiger partial charge in [0, 0.05) is 25.7 Å². The SMILES string of the molecule is CCOC(=O)c1cc(OC)cc(C)c1NC(=O)C1([N+]2(CC)CCCC2)CC1. The summed E-state index contributed by atoms with van der Waals surface area (Å²) in [6, 6.07) is 3.47. The fourth-order valence-electron chi connectivity index (χ4n) is 4.66. The fraction of sp³-hybridized carbons (Fsp3) is 0.619. The molecule has 27 heavy (non-hydrogen) atoms. The monoisotopic (exact) mass is 375 g/mol. The number of anilines is 1. The Labute approximate surface area is 161 Å². The molecule has 2 fully saturated rings. The minimum absolute atomic E-state index is 0.0325. The van der Waals surface area contributed by atoms with Gasteiger partial charge >= 0.3 is 5.97 Å². The Hall–Kier alpha value is -2.08. The van der Waals surface area contributed by atoms with E-state index in [0.29, 0.717) is 17.0 Å². The van der Waals surface area contributed by atoms with Crippen LogP contribution in [0.3, 0.4) is 0 Å². The molecule has 1 aliphatic heterocycles. The first-order valence-corrected chi connectivity index (χ1v) is 9.96. The topological polar surface area (TPSA) is 64.6 Å². The van der Waals surface area contributed by atoms with Gasteiger partial charge in [0.25, 0.3) is 5.91 Å². The molecule has 0 atom stereocenters. The largest absolute Gasteiger partial charge is 0.497 e. The van der Waals surface area contributed by atoms with Crippen LogP contribution in [0.15, 0.2) is 12.1 Å². The van der Waals surface area contributed by atoms with Crippen molar-refractivity contribution < 1.29 is 23.5 Å². The van der Waals surface area contributed by atoms with Gasteiger partial charge < -0.3 is 19.3 Å². The number of hydrogen-bond donors (Lipinski definition) is 1. The number of hydrogen-bond acceptors (Lipinski definition) is 4. The minimum Gasteiger partial charge on any atom is -0.497 e. The first-order chi connectivity index (χ1) is 12.9. The van der Waals surface area contributed by atoms with E-state index in [-0.39, 0.29) is 18.1 Å². The standard InChI is InChI=1S/C21H30N2O4/c1-5-23(11-7-8-12-23)21(9-10-21)20(25)22-18-15(3)13-16(26-4)14-17(18)19(24)27-6-2/h13-14H,5-12H2,1-4H3/p+1. The van der Waals surface area contributed by atoms with Crippen LogP contribution in [0.1, 0.15) is 55.5 Å². The number of quaternary nitrogens is 1. The summed E-state index contributed by atoms with van der Waals surface area (Å²) in [6.07, 6.45) is 4.18. The highest BCUT2D eigenvalue weighted by Gasteiger charge is 2.65. The molecule has 1 saturated carbocycles.